The molecule has 0 radical (unpaired) electrons. The van der Waals surface area contributed by atoms with Gasteiger partial charge in [0.15, 0.2) is 0 Å². The van der Waals surface area contributed by atoms with E-state index >= 15 is 0 Å². The largest absolute Gasteiger partial charge is 0.319 e. The van der Waals surface area contributed by atoms with Gasteiger partial charge < -0.3 is 5.32 Å². The third kappa shape index (κ3) is 3.48. The minimum Gasteiger partial charge on any atom is -0.319 e. The smallest absolute Gasteiger partial charge is 0.288 e. The van der Waals surface area contributed by atoms with E-state index in [4.69, 9.17) is 23.2 Å². The standard InChI is InChI=1S/C13H7Cl2FN2O3/c14-8-2-4-10(16)11(6-8)17-13(19)7-1-3-9(15)12(5-7)18(20)21/h1-6H,(H,17,19). The van der Waals surface area contributed by atoms with Crippen LogP contribution >= 0.6 is 23.2 Å². The number of nitrogens with one attached hydrogen (secondary N) is 1. The van der Waals surface area contributed by atoms with Crippen molar-refractivity contribution in [3.05, 3.63) is 67.9 Å². The molecule has 5 nitrogen and oxygen atoms in total. The van der Waals surface area contributed by atoms with E-state index < -0.39 is 22.3 Å². The predicted octanol–water partition coefficient (Wildman–Crippen LogP) is 4.29. The van der Waals surface area contributed by atoms with Crippen molar-refractivity contribution in [1.82, 2.24) is 0 Å². The zero-order chi connectivity index (χ0) is 15.6. The molecule has 0 aliphatic carbocycles. The number of amides is 1. The van der Waals surface area contributed by atoms with Crippen LogP contribution in [-0.4, -0.2) is 10.8 Å². The summed E-state index contributed by atoms with van der Waals surface area (Å²) in [4.78, 5) is 22.0. The zero-order valence-corrected chi connectivity index (χ0v) is 11.8. The molecule has 0 unspecified atom stereocenters. The van der Waals surface area contributed by atoms with Crippen LogP contribution in [0.5, 0.6) is 0 Å². The first-order valence-corrected chi connectivity index (χ1v) is 6.34. The van der Waals surface area contributed by atoms with Gasteiger partial charge in [-0.25, -0.2) is 4.39 Å². The maximum absolute atomic E-state index is 13.5. The van der Waals surface area contributed by atoms with E-state index in [1.807, 2.05) is 0 Å². The van der Waals surface area contributed by atoms with Gasteiger partial charge in [0.2, 0.25) is 0 Å². The van der Waals surface area contributed by atoms with Gasteiger partial charge in [0.25, 0.3) is 11.6 Å². The second-order valence-electron chi connectivity index (χ2n) is 4.00. The monoisotopic (exact) mass is 328 g/mol. The van der Waals surface area contributed by atoms with Gasteiger partial charge in [-0.15, -0.1) is 0 Å². The van der Waals surface area contributed by atoms with Gasteiger partial charge in [0.05, 0.1) is 10.6 Å². The second-order valence-corrected chi connectivity index (χ2v) is 4.85. The molecule has 2 rings (SSSR count). The Kier molecular flexibility index (Phi) is 4.40. The molecule has 0 bridgehead atoms. The predicted molar refractivity (Wildman–Crippen MR) is 77.5 cm³/mol. The summed E-state index contributed by atoms with van der Waals surface area (Å²) < 4.78 is 13.5. The summed E-state index contributed by atoms with van der Waals surface area (Å²) in [5.41, 5.74) is -0.550. The Balaban J connectivity index is 2.30. The van der Waals surface area contributed by atoms with Crippen molar-refractivity contribution in [1.29, 1.82) is 0 Å². The Bertz CT molecular complexity index is 737. The van der Waals surface area contributed by atoms with Gasteiger partial charge in [0, 0.05) is 16.7 Å². The summed E-state index contributed by atoms with van der Waals surface area (Å²) in [6, 6.07) is 7.21. The Labute approximate surface area is 128 Å². The summed E-state index contributed by atoms with van der Waals surface area (Å²) in [5.74, 6) is -1.38. The van der Waals surface area contributed by atoms with Crippen LogP contribution in [0.3, 0.4) is 0 Å². The van der Waals surface area contributed by atoms with Crippen molar-refractivity contribution in [3.8, 4) is 0 Å². The molecule has 0 saturated heterocycles. The lowest BCUT2D eigenvalue weighted by atomic mass is 10.2. The molecule has 0 atom stereocenters. The summed E-state index contributed by atoms with van der Waals surface area (Å²) in [6.07, 6.45) is 0. The molecule has 8 heteroatoms. The van der Waals surface area contributed by atoms with E-state index in [2.05, 4.69) is 5.32 Å². The van der Waals surface area contributed by atoms with Crippen molar-refractivity contribution in [3.63, 3.8) is 0 Å². The summed E-state index contributed by atoms with van der Waals surface area (Å²) >= 11 is 11.4. The topological polar surface area (TPSA) is 72.2 Å². The van der Waals surface area contributed by atoms with Gasteiger partial charge >= 0.3 is 0 Å². The molecule has 2 aromatic carbocycles. The van der Waals surface area contributed by atoms with E-state index in [0.717, 1.165) is 12.1 Å². The Morgan fingerprint density at radius 3 is 2.57 bits per heavy atom. The van der Waals surface area contributed by atoms with Crippen LogP contribution in [0.25, 0.3) is 0 Å². The second kappa shape index (κ2) is 6.07. The minimum absolute atomic E-state index is 0.0227. The number of anilines is 1. The van der Waals surface area contributed by atoms with Crippen LogP contribution in [0.4, 0.5) is 15.8 Å². The molecular formula is C13H7Cl2FN2O3. The molecule has 1 N–H and O–H groups in total. The van der Waals surface area contributed by atoms with E-state index in [9.17, 15) is 19.3 Å². The van der Waals surface area contributed by atoms with Crippen LogP contribution in [-0.2, 0) is 0 Å². The number of carbonyl (C=O) groups excluding carboxylic acids is 1. The van der Waals surface area contributed by atoms with Crippen molar-refractivity contribution in [2.24, 2.45) is 0 Å². The van der Waals surface area contributed by atoms with Gasteiger partial charge in [-0.2, -0.15) is 0 Å². The molecule has 0 spiro atoms. The van der Waals surface area contributed by atoms with Crippen LogP contribution in [0.15, 0.2) is 36.4 Å². The Hall–Kier alpha value is -2.18. The lowest BCUT2D eigenvalue weighted by Crippen LogP contribution is -2.13. The molecule has 0 aliphatic heterocycles. The third-order valence-electron chi connectivity index (χ3n) is 2.58. The van der Waals surface area contributed by atoms with E-state index in [1.165, 1.54) is 24.3 Å². The minimum atomic E-state index is -0.712. The summed E-state index contributed by atoms with van der Waals surface area (Å²) in [7, 11) is 0. The highest BCUT2D eigenvalue weighted by molar-refractivity contribution is 6.33. The first-order valence-electron chi connectivity index (χ1n) is 5.59. The number of halogens is 3. The number of benzene rings is 2. The molecule has 21 heavy (non-hydrogen) atoms. The number of nitro benzene ring substituents is 1. The highest BCUT2D eigenvalue weighted by Gasteiger charge is 2.17. The van der Waals surface area contributed by atoms with Crippen LogP contribution in [0.2, 0.25) is 10.0 Å². The van der Waals surface area contributed by atoms with Gasteiger partial charge in [-0.3, -0.25) is 14.9 Å². The van der Waals surface area contributed by atoms with Crippen LogP contribution in [0, 0.1) is 15.9 Å². The maximum atomic E-state index is 13.5. The molecule has 1 amide bonds. The number of hydrogen-bond acceptors (Lipinski definition) is 3. The summed E-state index contributed by atoms with van der Waals surface area (Å²) in [5, 5.41) is 13.2. The van der Waals surface area contributed by atoms with Crippen molar-refractivity contribution in [2.75, 3.05) is 5.32 Å². The molecule has 108 valence electrons. The Morgan fingerprint density at radius 1 is 1.19 bits per heavy atom. The first-order chi connectivity index (χ1) is 9.88. The lowest BCUT2D eigenvalue weighted by Gasteiger charge is -2.07. The number of nitro groups is 1. The molecular weight excluding hydrogens is 322 g/mol. The van der Waals surface area contributed by atoms with Crippen LogP contribution in [0.1, 0.15) is 10.4 Å². The number of rotatable bonds is 3. The molecule has 0 aromatic heterocycles. The SMILES string of the molecule is O=C(Nc1cc(Cl)ccc1F)c1ccc(Cl)c([N+](=O)[O-])c1. The van der Waals surface area contributed by atoms with E-state index in [1.54, 1.807) is 0 Å². The van der Waals surface area contributed by atoms with Crippen molar-refractivity contribution < 1.29 is 14.1 Å². The highest BCUT2D eigenvalue weighted by atomic mass is 35.5. The number of nitrogens with zero attached hydrogens (tertiary/aromatic N) is 1. The van der Waals surface area contributed by atoms with E-state index in [0.29, 0.717) is 0 Å². The lowest BCUT2D eigenvalue weighted by molar-refractivity contribution is -0.384. The average molecular weight is 329 g/mol. The van der Waals surface area contributed by atoms with Gasteiger partial charge in [0.1, 0.15) is 10.8 Å². The molecule has 0 saturated carbocycles. The van der Waals surface area contributed by atoms with Gasteiger partial charge in [-0.1, -0.05) is 23.2 Å². The molecule has 0 heterocycles. The van der Waals surface area contributed by atoms with Crippen molar-refractivity contribution >= 4 is 40.5 Å². The fraction of sp³-hybridized carbons (Fsp3) is 0. The average Bonchev–Trinajstić information content (AvgIpc) is 2.43. The molecule has 2 aromatic rings. The molecule has 0 aliphatic rings. The van der Waals surface area contributed by atoms with Gasteiger partial charge in [-0.05, 0) is 30.3 Å². The normalized spacial score (nSPS) is 10.2. The quantitative estimate of drug-likeness (QED) is 0.674. The zero-order valence-electron chi connectivity index (χ0n) is 10.3. The maximum Gasteiger partial charge on any atom is 0.288 e. The fourth-order valence-electron chi connectivity index (χ4n) is 1.58. The third-order valence-corrected chi connectivity index (χ3v) is 3.14. The fourth-order valence-corrected chi connectivity index (χ4v) is 1.94. The van der Waals surface area contributed by atoms with E-state index in [-0.39, 0.29) is 21.3 Å². The number of hydrogen-bond donors (Lipinski definition) is 1. The number of carbonyl (C=O) groups is 1. The van der Waals surface area contributed by atoms with Crippen molar-refractivity contribution in [2.45, 2.75) is 0 Å². The molecule has 0 fully saturated rings. The highest BCUT2D eigenvalue weighted by Crippen LogP contribution is 2.26. The summed E-state index contributed by atoms with van der Waals surface area (Å²) in [6.45, 7) is 0. The van der Waals surface area contributed by atoms with Crippen LogP contribution < -0.4 is 5.32 Å². The first kappa shape index (κ1) is 15.2. The Morgan fingerprint density at radius 2 is 1.90 bits per heavy atom.